The predicted octanol–water partition coefficient (Wildman–Crippen LogP) is 3.48. The predicted molar refractivity (Wildman–Crippen MR) is 66.0 cm³/mol. The topological polar surface area (TPSA) is 32.9 Å². The smallest absolute Gasteiger partial charge is 0.210 e. The van der Waals surface area contributed by atoms with E-state index in [1.54, 1.807) is 42.6 Å². The molecule has 0 fully saturated rings. The third-order valence-electron chi connectivity index (χ3n) is 1.96. The van der Waals surface area contributed by atoms with Gasteiger partial charge >= 0.3 is 0 Å². The summed E-state index contributed by atoms with van der Waals surface area (Å²) in [6.45, 7) is 0. The average Bonchev–Trinajstić information content (AvgIpc) is 2.70. The third kappa shape index (κ3) is 2.49. The number of H-pyrrole nitrogens is 1. The van der Waals surface area contributed by atoms with Crippen LogP contribution in [-0.2, 0) is 0 Å². The lowest BCUT2D eigenvalue weighted by molar-refractivity contribution is 0.103. The lowest BCUT2D eigenvalue weighted by Gasteiger charge is -2.00. The molecule has 4 heteroatoms. The molecule has 2 rings (SSSR count). The quantitative estimate of drug-likeness (QED) is 0.842. The summed E-state index contributed by atoms with van der Waals surface area (Å²) in [4.78, 5) is 14.7. The van der Waals surface area contributed by atoms with Gasteiger partial charge in [-0.2, -0.15) is 0 Å². The second-order valence-electron chi connectivity index (χ2n) is 2.89. The van der Waals surface area contributed by atoms with E-state index < -0.39 is 0 Å². The maximum Gasteiger partial charge on any atom is 0.210 e. The monoisotopic (exact) mass is 285 g/mol. The van der Waals surface area contributed by atoms with E-state index in [-0.39, 0.29) is 22.8 Å². The molecule has 0 unspecified atom stereocenters. The fourth-order valence-electron chi connectivity index (χ4n) is 1.26. The van der Waals surface area contributed by atoms with Gasteiger partial charge in [-0.3, -0.25) is 4.79 Å². The fraction of sp³-hybridized carbons (Fsp3) is 0. The van der Waals surface area contributed by atoms with Crippen molar-refractivity contribution < 1.29 is 4.79 Å². The van der Waals surface area contributed by atoms with Gasteiger partial charge < -0.3 is 4.98 Å². The number of aromatic amines is 1. The van der Waals surface area contributed by atoms with Gasteiger partial charge in [0, 0.05) is 11.8 Å². The van der Waals surface area contributed by atoms with E-state index in [0.29, 0.717) is 16.3 Å². The Kier molecular flexibility index (Phi) is 4.12. The van der Waals surface area contributed by atoms with Crippen LogP contribution in [0.3, 0.4) is 0 Å². The number of carbonyl (C=O) groups excluding carboxylic acids is 1. The van der Waals surface area contributed by atoms with Crippen LogP contribution >= 0.6 is 28.6 Å². The summed E-state index contributed by atoms with van der Waals surface area (Å²) in [5.41, 5.74) is 1.08. The number of halogens is 2. The first-order valence-corrected chi connectivity index (χ1v) is 4.59. The normalized spacial score (nSPS) is 9.40. The van der Waals surface area contributed by atoms with Gasteiger partial charge in [-0.05, 0) is 24.3 Å². The number of aromatic nitrogens is 1. The summed E-state index contributed by atoms with van der Waals surface area (Å²) < 4.78 is 0. The summed E-state index contributed by atoms with van der Waals surface area (Å²) in [5.74, 6) is -0.0828. The van der Waals surface area contributed by atoms with Crippen molar-refractivity contribution in [2.24, 2.45) is 0 Å². The largest absolute Gasteiger partial charge is 0.359 e. The standard InChI is InChI=1S/C11H8ClNO.BrH/c12-9-5-2-1-4-8(9)11(14)10-6-3-7-13-10;/h1-7,13H;1H. The first kappa shape index (κ1) is 12.0. The van der Waals surface area contributed by atoms with Gasteiger partial charge in [0.2, 0.25) is 5.78 Å². The van der Waals surface area contributed by atoms with E-state index in [4.69, 9.17) is 11.6 Å². The Bertz CT molecular complexity index is 453. The number of ketones is 1. The number of carbonyl (C=O) groups is 1. The van der Waals surface area contributed by atoms with Crippen molar-refractivity contribution in [1.29, 1.82) is 0 Å². The molecule has 0 aliphatic carbocycles. The molecule has 1 N–H and O–H groups in total. The molecule has 1 aromatic heterocycles. The van der Waals surface area contributed by atoms with Crippen molar-refractivity contribution in [1.82, 2.24) is 4.98 Å². The minimum absolute atomic E-state index is 0. The fourth-order valence-corrected chi connectivity index (χ4v) is 1.48. The van der Waals surface area contributed by atoms with Gasteiger partial charge in [0.05, 0.1) is 10.7 Å². The summed E-state index contributed by atoms with van der Waals surface area (Å²) >= 11 is 5.90. The van der Waals surface area contributed by atoms with Crippen LogP contribution in [0.15, 0.2) is 42.6 Å². The van der Waals surface area contributed by atoms with Gasteiger partial charge in [-0.25, -0.2) is 0 Å². The molecular formula is C11H9BrClNO. The second-order valence-corrected chi connectivity index (χ2v) is 3.30. The minimum Gasteiger partial charge on any atom is -0.359 e. The molecule has 0 aliphatic heterocycles. The Morgan fingerprint density at radius 1 is 1.13 bits per heavy atom. The highest BCUT2D eigenvalue weighted by molar-refractivity contribution is 8.93. The highest BCUT2D eigenvalue weighted by atomic mass is 79.9. The zero-order valence-electron chi connectivity index (χ0n) is 7.74. The summed E-state index contributed by atoms with van der Waals surface area (Å²) in [7, 11) is 0. The number of hydrogen-bond donors (Lipinski definition) is 1. The van der Waals surface area contributed by atoms with E-state index in [1.165, 1.54) is 0 Å². The first-order valence-electron chi connectivity index (χ1n) is 4.21. The number of benzene rings is 1. The maximum atomic E-state index is 11.8. The van der Waals surface area contributed by atoms with Gasteiger partial charge in [-0.15, -0.1) is 17.0 Å². The van der Waals surface area contributed by atoms with Crippen LogP contribution in [0.25, 0.3) is 0 Å². The molecule has 0 aliphatic rings. The number of nitrogens with one attached hydrogen (secondary N) is 1. The molecule has 0 atom stereocenters. The highest BCUT2D eigenvalue weighted by Crippen LogP contribution is 2.17. The van der Waals surface area contributed by atoms with Crippen LogP contribution in [0, 0.1) is 0 Å². The van der Waals surface area contributed by atoms with Crippen molar-refractivity contribution in [3.8, 4) is 0 Å². The minimum atomic E-state index is -0.0828. The third-order valence-corrected chi connectivity index (χ3v) is 2.29. The average molecular weight is 287 g/mol. The summed E-state index contributed by atoms with van der Waals surface area (Å²) in [6, 6.07) is 10.5. The Balaban J connectivity index is 0.00000112. The molecule has 1 aromatic carbocycles. The van der Waals surface area contributed by atoms with Crippen molar-refractivity contribution in [3.63, 3.8) is 0 Å². The number of hydrogen-bond acceptors (Lipinski definition) is 1. The lowest BCUT2D eigenvalue weighted by Crippen LogP contribution is -2.01. The van der Waals surface area contributed by atoms with Crippen LogP contribution in [-0.4, -0.2) is 10.8 Å². The van der Waals surface area contributed by atoms with E-state index in [9.17, 15) is 4.79 Å². The maximum absolute atomic E-state index is 11.8. The Morgan fingerprint density at radius 3 is 2.47 bits per heavy atom. The van der Waals surface area contributed by atoms with Crippen molar-refractivity contribution >= 4 is 34.4 Å². The number of rotatable bonds is 2. The van der Waals surface area contributed by atoms with Crippen LogP contribution in [0.2, 0.25) is 5.02 Å². The van der Waals surface area contributed by atoms with E-state index in [1.807, 2.05) is 0 Å². The van der Waals surface area contributed by atoms with Crippen molar-refractivity contribution in [3.05, 3.63) is 58.9 Å². The molecular weight excluding hydrogens is 277 g/mol. The second kappa shape index (κ2) is 5.14. The molecule has 2 aromatic rings. The van der Waals surface area contributed by atoms with Gasteiger partial charge in [0.25, 0.3) is 0 Å². The SMILES string of the molecule is Br.O=C(c1ccc[nH]1)c1ccccc1Cl. The molecule has 0 saturated carbocycles. The molecule has 15 heavy (non-hydrogen) atoms. The van der Waals surface area contributed by atoms with E-state index in [2.05, 4.69) is 4.98 Å². The van der Waals surface area contributed by atoms with E-state index >= 15 is 0 Å². The van der Waals surface area contributed by atoms with Crippen molar-refractivity contribution in [2.75, 3.05) is 0 Å². The molecule has 1 heterocycles. The molecule has 0 radical (unpaired) electrons. The Hall–Kier alpha value is -1.06. The molecule has 0 spiro atoms. The van der Waals surface area contributed by atoms with Gasteiger partial charge in [0.15, 0.2) is 0 Å². The summed E-state index contributed by atoms with van der Waals surface area (Å²) in [6.07, 6.45) is 1.71. The Morgan fingerprint density at radius 2 is 1.87 bits per heavy atom. The summed E-state index contributed by atoms with van der Waals surface area (Å²) in [5, 5.41) is 0.479. The van der Waals surface area contributed by atoms with Crippen LogP contribution in [0.1, 0.15) is 16.1 Å². The molecule has 0 saturated heterocycles. The first-order chi connectivity index (χ1) is 6.79. The Labute approximate surface area is 103 Å². The zero-order chi connectivity index (χ0) is 9.97. The molecule has 78 valence electrons. The highest BCUT2D eigenvalue weighted by Gasteiger charge is 2.11. The van der Waals surface area contributed by atoms with Crippen LogP contribution in [0.4, 0.5) is 0 Å². The van der Waals surface area contributed by atoms with Gasteiger partial charge in [0.1, 0.15) is 0 Å². The van der Waals surface area contributed by atoms with Gasteiger partial charge in [-0.1, -0.05) is 23.7 Å². The van der Waals surface area contributed by atoms with E-state index in [0.717, 1.165) is 0 Å². The molecule has 2 nitrogen and oxygen atoms in total. The van der Waals surface area contributed by atoms with Crippen LogP contribution < -0.4 is 0 Å². The van der Waals surface area contributed by atoms with Crippen molar-refractivity contribution in [2.45, 2.75) is 0 Å². The molecule has 0 amide bonds. The van der Waals surface area contributed by atoms with Crippen LogP contribution in [0.5, 0.6) is 0 Å². The zero-order valence-corrected chi connectivity index (χ0v) is 10.2. The lowest BCUT2D eigenvalue weighted by atomic mass is 10.1. The molecule has 0 bridgehead atoms.